The predicted molar refractivity (Wildman–Crippen MR) is 83.7 cm³/mol. The van der Waals surface area contributed by atoms with Crippen molar-refractivity contribution in [2.75, 3.05) is 0 Å². The third-order valence-electron chi connectivity index (χ3n) is 5.60. The van der Waals surface area contributed by atoms with Crippen LogP contribution >= 0.6 is 11.6 Å². The molecule has 3 rings (SSSR count). The Kier molecular flexibility index (Phi) is 3.17. The molecule has 2 aromatic rings. The zero-order chi connectivity index (χ0) is 15.4. The second-order valence-electron chi connectivity index (χ2n) is 7.00. The average molecular weight is 307 g/mol. The SMILES string of the molecule is CC1(C)C(Cn2ccnc2-c2c(F)cccc2Cl)C1(C)C. The van der Waals surface area contributed by atoms with Crippen LogP contribution in [0.25, 0.3) is 11.4 Å². The van der Waals surface area contributed by atoms with E-state index in [1.807, 2.05) is 10.8 Å². The van der Waals surface area contributed by atoms with Crippen LogP contribution in [0.2, 0.25) is 5.02 Å². The minimum atomic E-state index is -0.329. The largest absolute Gasteiger partial charge is 0.331 e. The van der Waals surface area contributed by atoms with Gasteiger partial charge in [0.25, 0.3) is 0 Å². The van der Waals surface area contributed by atoms with Crippen LogP contribution in [0.15, 0.2) is 30.6 Å². The van der Waals surface area contributed by atoms with Crippen molar-refractivity contribution in [3.63, 3.8) is 0 Å². The first-order valence-electron chi connectivity index (χ1n) is 7.22. The molecule has 2 nitrogen and oxygen atoms in total. The Morgan fingerprint density at radius 3 is 2.48 bits per heavy atom. The lowest BCUT2D eigenvalue weighted by atomic mass is 10.0. The Morgan fingerprint density at radius 2 is 1.90 bits per heavy atom. The van der Waals surface area contributed by atoms with Crippen molar-refractivity contribution in [1.29, 1.82) is 0 Å². The number of hydrogen-bond acceptors (Lipinski definition) is 1. The summed E-state index contributed by atoms with van der Waals surface area (Å²) in [5, 5.41) is 0.400. The van der Waals surface area contributed by atoms with E-state index < -0.39 is 0 Å². The van der Waals surface area contributed by atoms with E-state index in [1.54, 1.807) is 18.3 Å². The normalized spacial score (nSPS) is 19.7. The van der Waals surface area contributed by atoms with Gasteiger partial charge in [0.05, 0.1) is 10.6 Å². The van der Waals surface area contributed by atoms with Gasteiger partial charge in [0.15, 0.2) is 0 Å². The maximum Gasteiger partial charge on any atom is 0.144 e. The fourth-order valence-corrected chi connectivity index (χ4v) is 3.63. The highest BCUT2D eigenvalue weighted by Gasteiger charge is 2.64. The number of rotatable bonds is 3. The van der Waals surface area contributed by atoms with Gasteiger partial charge < -0.3 is 4.57 Å². The van der Waals surface area contributed by atoms with E-state index in [0.717, 1.165) is 6.54 Å². The molecule has 1 aromatic heterocycles. The third kappa shape index (κ3) is 2.10. The molecule has 0 bridgehead atoms. The summed E-state index contributed by atoms with van der Waals surface area (Å²) in [7, 11) is 0. The first kappa shape index (κ1) is 14.6. The van der Waals surface area contributed by atoms with Crippen LogP contribution in [0, 0.1) is 22.6 Å². The number of halogens is 2. The van der Waals surface area contributed by atoms with Gasteiger partial charge in [-0.2, -0.15) is 0 Å². The van der Waals surface area contributed by atoms with Crippen molar-refractivity contribution in [3.05, 3.63) is 41.4 Å². The summed E-state index contributed by atoms with van der Waals surface area (Å²) in [6.45, 7) is 9.96. The molecule has 1 fully saturated rings. The quantitative estimate of drug-likeness (QED) is 0.778. The fourth-order valence-electron chi connectivity index (χ4n) is 3.38. The molecular formula is C17H20ClFN2. The van der Waals surface area contributed by atoms with E-state index in [0.29, 0.717) is 22.3 Å². The van der Waals surface area contributed by atoms with Gasteiger partial charge in [-0.3, -0.25) is 0 Å². The second kappa shape index (κ2) is 4.57. The molecular weight excluding hydrogens is 287 g/mol. The Balaban J connectivity index is 1.97. The highest BCUT2D eigenvalue weighted by Crippen LogP contribution is 2.68. The van der Waals surface area contributed by atoms with E-state index in [9.17, 15) is 4.39 Å². The lowest BCUT2D eigenvalue weighted by molar-refractivity contribution is 0.457. The third-order valence-corrected chi connectivity index (χ3v) is 5.92. The highest BCUT2D eigenvalue weighted by molar-refractivity contribution is 6.33. The molecule has 0 unspecified atom stereocenters. The number of nitrogens with zero attached hydrogens (tertiary/aromatic N) is 2. The monoisotopic (exact) mass is 306 g/mol. The molecule has 0 amide bonds. The molecule has 1 heterocycles. The average Bonchev–Trinajstić information content (AvgIpc) is 2.74. The highest BCUT2D eigenvalue weighted by atomic mass is 35.5. The molecule has 0 aliphatic heterocycles. The van der Waals surface area contributed by atoms with Gasteiger partial charge in [-0.15, -0.1) is 0 Å². The van der Waals surface area contributed by atoms with Gasteiger partial charge in [-0.25, -0.2) is 9.37 Å². The predicted octanol–water partition coefficient (Wildman–Crippen LogP) is 5.02. The van der Waals surface area contributed by atoms with Gasteiger partial charge in [-0.05, 0) is 28.9 Å². The first-order chi connectivity index (χ1) is 9.76. The van der Waals surface area contributed by atoms with Crippen LogP contribution in [0.4, 0.5) is 4.39 Å². The number of aromatic nitrogens is 2. The zero-order valence-corrected chi connectivity index (χ0v) is 13.6. The fraction of sp³-hybridized carbons (Fsp3) is 0.471. The van der Waals surface area contributed by atoms with E-state index in [-0.39, 0.29) is 16.6 Å². The summed E-state index contributed by atoms with van der Waals surface area (Å²) in [6.07, 6.45) is 3.61. The summed E-state index contributed by atoms with van der Waals surface area (Å²) in [4.78, 5) is 4.32. The molecule has 1 aromatic carbocycles. The van der Waals surface area contributed by atoms with Crippen LogP contribution in [0.5, 0.6) is 0 Å². The summed E-state index contributed by atoms with van der Waals surface area (Å²) in [6, 6.07) is 4.73. The van der Waals surface area contributed by atoms with Gasteiger partial charge in [0.1, 0.15) is 11.6 Å². The van der Waals surface area contributed by atoms with Crippen LogP contribution in [-0.4, -0.2) is 9.55 Å². The van der Waals surface area contributed by atoms with E-state index in [2.05, 4.69) is 32.7 Å². The van der Waals surface area contributed by atoms with Crippen molar-refractivity contribution >= 4 is 11.6 Å². The summed E-state index contributed by atoms with van der Waals surface area (Å²) < 4.78 is 16.1. The van der Waals surface area contributed by atoms with Crippen LogP contribution in [0.3, 0.4) is 0 Å². The molecule has 0 radical (unpaired) electrons. The molecule has 0 N–H and O–H groups in total. The molecule has 1 aliphatic rings. The molecule has 112 valence electrons. The standard InChI is InChI=1S/C17H20ClFN2/c1-16(2)13(17(16,3)4)10-21-9-8-20-15(21)14-11(18)6-5-7-12(14)19/h5-9,13H,10H2,1-4H3. The summed E-state index contributed by atoms with van der Waals surface area (Å²) in [5.41, 5.74) is 0.960. The molecule has 4 heteroatoms. The van der Waals surface area contributed by atoms with Crippen LogP contribution in [-0.2, 0) is 6.54 Å². The van der Waals surface area contributed by atoms with E-state index >= 15 is 0 Å². The Morgan fingerprint density at radius 1 is 1.24 bits per heavy atom. The van der Waals surface area contributed by atoms with Crippen molar-refractivity contribution in [2.24, 2.45) is 16.7 Å². The van der Waals surface area contributed by atoms with Gasteiger partial charge in [-0.1, -0.05) is 45.4 Å². The zero-order valence-electron chi connectivity index (χ0n) is 12.8. The summed E-state index contributed by atoms with van der Waals surface area (Å²) >= 11 is 6.16. The molecule has 1 saturated carbocycles. The Hall–Kier alpha value is -1.35. The van der Waals surface area contributed by atoms with Crippen molar-refractivity contribution in [2.45, 2.75) is 34.2 Å². The molecule has 1 aliphatic carbocycles. The maximum atomic E-state index is 14.1. The first-order valence-corrected chi connectivity index (χ1v) is 7.60. The smallest absolute Gasteiger partial charge is 0.144 e. The molecule has 0 saturated heterocycles. The minimum absolute atomic E-state index is 0.285. The van der Waals surface area contributed by atoms with Crippen LogP contribution in [0.1, 0.15) is 27.7 Å². The van der Waals surface area contributed by atoms with Crippen molar-refractivity contribution in [1.82, 2.24) is 9.55 Å². The van der Waals surface area contributed by atoms with Crippen LogP contribution < -0.4 is 0 Å². The van der Waals surface area contributed by atoms with E-state index in [4.69, 9.17) is 11.6 Å². The number of benzene rings is 1. The Labute approximate surface area is 130 Å². The topological polar surface area (TPSA) is 17.8 Å². The summed E-state index contributed by atoms with van der Waals surface area (Å²) in [5.74, 6) is 0.823. The van der Waals surface area contributed by atoms with Gasteiger partial charge in [0.2, 0.25) is 0 Å². The van der Waals surface area contributed by atoms with E-state index in [1.165, 1.54) is 6.07 Å². The Bertz CT molecular complexity index is 654. The van der Waals surface area contributed by atoms with Crippen molar-refractivity contribution < 1.29 is 4.39 Å². The molecule has 21 heavy (non-hydrogen) atoms. The minimum Gasteiger partial charge on any atom is -0.331 e. The lowest BCUT2D eigenvalue weighted by Gasteiger charge is -2.11. The lowest BCUT2D eigenvalue weighted by Crippen LogP contribution is -2.06. The molecule has 0 spiro atoms. The number of hydrogen-bond donors (Lipinski definition) is 0. The molecule has 0 atom stereocenters. The number of imidazole rings is 1. The van der Waals surface area contributed by atoms with Gasteiger partial charge in [0, 0.05) is 18.9 Å². The maximum absolute atomic E-state index is 14.1. The van der Waals surface area contributed by atoms with Gasteiger partial charge >= 0.3 is 0 Å². The second-order valence-corrected chi connectivity index (χ2v) is 7.40. The van der Waals surface area contributed by atoms with Crippen molar-refractivity contribution in [3.8, 4) is 11.4 Å².